The standard InChI is InChI=1S/C21H20O2S2.2C2H6/c1-5-14-9-11-20(22-24)18(16(14)7-3)13-19-17(8-4)15(6-2)10-12-21(19)23-25;2*1-2/h5-12,24-25H,1-4,13H2;2*1-2H3. The van der Waals surface area contributed by atoms with Crippen molar-refractivity contribution in [2.75, 3.05) is 0 Å². The maximum atomic E-state index is 5.27. The Hall–Kier alpha value is -2.30. The van der Waals surface area contributed by atoms with Crippen LogP contribution in [-0.2, 0) is 6.42 Å². The molecule has 0 radical (unpaired) electrons. The molecule has 0 unspecified atom stereocenters. The molecule has 2 aromatic rings. The third-order valence-electron chi connectivity index (χ3n) is 4.09. The molecule has 0 fully saturated rings. The molecule has 29 heavy (non-hydrogen) atoms. The largest absolute Gasteiger partial charge is 0.429 e. The molecule has 2 aromatic carbocycles. The van der Waals surface area contributed by atoms with Crippen LogP contribution in [-0.4, -0.2) is 0 Å². The van der Waals surface area contributed by atoms with E-state index in [1.807, 2.05) is 52.0 Å². The molecule has 0 aliphatic carbocycles. The third-order valence-corrected chi connectivity index (χ3v) is 4.49. The molecule has 0 N–H and O–H groups in total. The average molecular weight is 429 g/mol. The van der Waals surface area contributed by atoms with Gasteiger partial charge >= 0.3 is 0 Å². The van der Waals surface area contributed by atoms with Crippen molar-refractivity contribution < 1.29 is 8.37 Å². The lowest BCUT2D eigenvalue weighted by Gasteiger charge is -2.18. The molecular weight excluding hydrogens is 396 g/mol. The first-order valence-electron chi connectivity index (χ1n) is 9.59. The van der Waals surface area contributed by atoms with Gasteiger partial charge in [-0.2, -0.15) is 0 Å². The van der Waals surface area contributed by atoms with Crippen LogP contribution in [0.4, 0.5) is 0 Å². The molecule has 0 saturated carbocycles. The van der Waals surface area contributed by atoms with Crippen molar-refractivity contribution in [1.29, 1.82) is 0 Å². The Bertz CT molecular complexity index is 770. The second-order valence-corrected chi connectivity index (χ2v) is 5.63. The second kappa shape index (κ2) is 14.7. The fourth-order valence-electron chi connectivity index (χ4n) is 2.88. The fourth-order valence-corrected chi connectivity index (χ4v) is 3.22. The first-order valence-corrected chi connectivity index (χ1v) is 10.3. The zero-order valence-corrected chi connectivity index (χ0v) is 19.7. The van der Waals surface area contributed by atoms with Gasteiger partial charge in [-0.25, -0.2) is 0 Å². The summed E-state index contributed by atoms with van der Waals surface area (Å²) in [5, 5.41) is 0. The monoisotopic (exact) mass is 428 g/mol. The number of hydrogen-bond acceptors (Lipinski definition) is 4. The van der Waals surface area contributed by atoms with Crippen molar-refractivity contribution in [2.45, 2.75) is 34.1 Å². The number of hydrogen-bond donors (Lipinski definition) is 2. The zero-order chi connectivity index (χ0) is 22.4. The summed E-state index contributed by atoms with van der Waals surface area (Å²) in [5.41, 5.74) is 5.66. The van der Waals surface area contributed by atoms with E-state index in [-0.39, 0.29) is 0 Å². The van der Waals surface area contributed by atoms with Crippen LogP contribution in [0.3, 0.4) is 0 Å². The summed E-state index contributed by atoms with van der Waals surface area (Å²) in [5.74, 6) is 1.29. The second-order valence-electron chi connectivity index (χ2n) is 5.27. The van der Waals surface area contributed by atoms with Crippen LogP contribution in [0.5, 0.6) is 11.5 Å². The van der Waals surface area contributed by atoms with E-state index in [2.05, 4.69) is 52.1 Å². The smallest absolute Gasteiger partial charge is 0.141 e. The summed E-state index contributed by atoms with van der Waals surface area (Å²) in [6.07, 6.45) is 7.67. The van der Waals surface area contributed by atoms with Gasteiger partial charge in [-0.05, 0) is 34.4 Å². The van der Waals surface area contributed by atoms with Crippen molar-refractivity contribution in [3.05, 3.63) is 84.0 Å². The molecule has 2 rings (SSSR count). The minimum Gasteiger partial charge on any atom is -0.429 e. The Morgan fingerprint density at radius 3 is 1.24 bits per heavy atom. The summed E-state index contributed by atoms with van der Waals surface area (Å²) in [7, 11) is 0. The summed E-state index contributed by atoms with van der Waals surface area (Å²) in [4.78, 5) is 0. The van der Waals surface area contributed by atoms with E-state index in [1.54, 1.807) is 24.3 Å². The number of benzene rings is 2. The first-order chi connectivity index (χ1) is 14.1. The number of thiol groups is 2. The van der Waals surface area contributed by atoms with Gasteiger partial charge in [0.05, 0.1) is 0 Å². The minimum atomic E-state index is 0.526. The lowest BCUT2D eigenvalue weighted by Crippen LogP contribution is -2.02. The quantitative estimate of drug-likeness (QED) is 0.325. The van der Waals surface area contributed by atoms with Crippen molar-refractivity contribution in [3.63, 3.8) is 0 Å². The van der Waals surface area contributed by atoms with E-state index in [9.17, 15) is 0 Å². The SMILES string of the molecule is C=Cc1ccc(OS)c(Cc2c(OS)ccc(C=C)c2C=C)c1C=C.CC.CC. The molecule has 2 nitrogen and oxygen atoms in total. The van der Waals surface area contributed by atoms with E-state index in [0.29, 0.717) is 17.9 Å². The van der Waals surface area contributed by atoms with Crippen molar-refractivity contribution >= 4 is 50.1 Å². The summed E-state index contributed by atoms with van der Waals surface area (Å²) < 4.78 is 10.5. The van der Waals surface area contributed by atoms with Crippen molar-refractivity contribution in [1.82, 2.24) is 0 Å². The van der Waals surface area contributed by atoms with Crippen molar-refractivity contribution in [3.8, 4) is 11.5 Å². The van der Waals surface area contributed by atoms with Crippen LogP contribution in [0.2, 0.25) is 0 Å². The predicted molar refractivity (Wildman–Crippen MR) is 138 cm³/mol. The average Bonchev–Trinajstić information content (AvgIpc) is 2.80. The summed E-state index contributed by atoms with van der Waals surface area (Å²) >= 11 is 7.98. The highest BCUT2D eigenvalue weighted by Crippen LogP contribution is 2.36. The summed E-state index contributed by atoms with van der Waals surface area (Å²) in [6.45, 7) is 23.6. The van der Waals surface area contributed by atoms with Gasteiger partial charge in [0.15, 0.2) is 0 Å². The Kier molecular flexibility index (Phi) is 13.5. The van der Waals surface area contributed by atoms with Crippen molar-refractivity contribution in [2.24, 2.45) is 0 Å². The Morgan fingerprint density at radius 1 is 0.655 bits per heavy atom. The Labute approximate surface area is 187 Å². The van der Waals surface area contributed by atoms with Gasteiger partial charge < -0.3 is 8.37 Å². The van der Waals surface area contributed by atoms with E-state index in [1.165, 1.54) is 0 Å². The molecule has 0 atom stereocenters. The molecule has 0 saturated heterocycles. The van der Waals surface area contributed by atoms with Crippen LogP contribution in [0.15, 0.2) is 50.6 Å². The highest BCUT2D eigenvalue weighted by Gasteiger charge is 2.17. The molecule has 0 bridgehead atoms. The molecule has 4 heteroatoms. The molecular formula is C25H32O2S2. The normalized spacial score (nSPS) is 9.03. The Morgan fingerprint density at radius 2 is 1.00 bits per heavy atom. The van der Waals surface area contributed by atoms with Gasteiger partial charge in [0, 0.05) is 43.4 Å². The van der Waals surface area contributed by atoms with Crippen LogP contribution >= 0.6 is 25.8 Å². The van der Waals surface area contributed by atoms with E-state index >= 15 is 0 Å². The molecule has 156 valence electrons. The predicted octanol–water partition coefficient (Wildman–Crippen LogP) is 8.35. The third kappa shape index (κ3) is 6.34. The van der Waals surface area contributed by atoms with E-state index < -0.39 is 0 Å². The molecule has 0 aromatic heterocycles. The van der Waals surface area contributed by atoms with Gasteiger partial charge in [-0.3, -0.25) is 0 Å². The lowest BCUT2D eigenvalue weighted by atomic mass is 9.90. The molecule has 0 spiro atoms. The van der Waals surface area contributed by atoms with Gasteiger partial charge in [-0.1, -0.05) is 90.4 Å². The minimum absolute atomic E-state index is 0.526. The zero-order valence-electron chi connectivity index (χ0n) is 17.9. The molecule has 0 amide bonds. The lowest BCUT2D eigenvalue weighted by molar-refractivity contribution is 0.637. The highest BCUT2D eigenvalue weighted by molar-refractivity contribution is 7.75. The van der Waals surface area contributed by atoms with E-state index in [4.69, 9.17) is 8.37 Å². The molecule has 0 aliphatic rings. The topological polar surface area (TPSA) is 18.5 Å². The van der Waals surface area contributed by atoms with Crippen LogP contribution in [0, 0.1) is 0 Å². The molecule has 0 aliphatic heterocycles. The van der Waals surface area contributed by atoms with Gasteiger partial charge in [0.25, 0.3) is 0 Å². The fraction of sp³-hybridized carbons (Fsp3) is 0.200. The van der Waals surface area contributed by atoms with Crippen LogP contribution in [0.25, 0.3) is 24.3 Å². The van der Waals surface area contributed by atoms with Crippen LogP contribution in [0.1, 0.15) is 61.1 Å². The summed E-state index contributed by atoms with van der Waals surface area (Å²) in [6, 6.07) is 7.56. The Balaban J connectivity index is 0.00000184. The maximum absolute atomic E-state index is 5.27. The highest BCUT2D eigenvalue weighted by atomic mass is 32.1. The maximum Gasteiger partial charge on any atom is 0.141 e. The van der Waals surface area contributed by atoms with Gasteiger partial charge in [0.2, 0.25) is 0 Å². The van der Waals surface area contributed by atoms with Crippen LogP contribution < -0.4 is 8.37 Å². The van der Waals surface area contributed by atoms with Gasteiger partial charge in [-0.15, -0.1) is 0 Å². The first kappa shape index (κ1) is 26.7. The van der Waals surface area contributed by atoms with Gasteiger partial charge in [0.1, 0.15) is 11.5 Å². The number of rotatable bonds is 8. The molecule has 0 heterocycles. The van der Waals surface area contributed by atoms with E-state index in [0.717, 1.165) is 33.4 Å².